The molecule has 2 aromatic rings. The predicted molar refractivity (Wildman–Crippen MR) is 60.6 cm³/mol. The zero-order chi connectivity index (χ0) is 14.0. The minimum absolute atomic E-state index is 0.0343. The lowest BCUT2D eigenvalue weighted by Crippen LogP contribution is -2.05. The monoisotopic (exact) mass is 273 g/mol. The Morgan fingerprint density at radius 2 is 2.00 bits per heavy atom. The van der Waals surface area contributed by atoms with Crippen LogP contribution in [0, 0.1) is 5.82 Å². The molecule has 0 aliphatic carbocycles. The van der Waals surface area contributed by atoms with Crippen LogP contribution >= 0.6 is 0 Å². The van der Waals surface area contributed by atoms with Gasteiger partial charge in [0, 0.05) is 18.3 Å². The third kappa shape index (κ3) is 3.11. The number of alkyl halides is 3. The maximum absolute atomic E-state index is 13.2. The zero-order valence-corrected chi connectivity index (χ0v) is 9.78. The second-order valence-electron chi connectivity index (χ2n) is 4.05. The highest BCUT2D eigenvalue weighted by molar-refractivity contribution is 5.25. The van der Waals surface area contributed by atoms with E-state index in [2.05, 4.69) is 5.10 Å². The average molecular weight is 273 g/mol. The Bertz CT molecular complexity index is 575. The van der Waals surface area contributed by atoms with Crippen molar-refractivity contribution < 1.29 is 17.6 Å². The summed E-state index contributed by atoms with van der Waals surface area (Å²) in [5.74, 6) is -0.428. The van der Waals surface area contributed by atoms with E-state index in [0.717, 1.165) is 17.1 Å². The van der Waals surface area contributed by atoms with Gasteiger partial charge in [0.2, 0.25) is 0 Å². The third-order valence-corrected chi connectivity index (χ3v) is 2.64. The van der Waals surface area contributed by atoms with E-state index < -0.39 is 17.6 Å². The maximum Gasteiger partial charge on any atom is 0.419 e. The Balaban J connectivity index is 2.19. The van der Waals surface area contributed by atoms with Crippen molar-refractivity contribution in [2.45, 2.75) is 19.3 Å². The average Bonchev–Trinajstić information content (AvgIpc) is 2.80. The molecule has 0 saturated heterocycles. The molecular formula is C12H11F4N3. The molecule has 1 aromatic heterocycles. The van der Waals surface area contributed by atoms with Gasteiger partial charge < -0.3 is 5.73 Å². The number of benzene rings is 1. The highest BCUT2D eigenvalue weighted by atomic mass is 19.4. The topological polar surface area (TPSA) is 43.8 Å². The standard InChI is InChI=1S/C12H11F4N3/c13-11-2-1-8(3-9(11)4-17)6-19-7-10(5-18-19)12(14,15)16/h1-3,5,7H,4,6,17H2. The molecule has 0 atom stereocenters. The minimum atomic E-state index is -4.41. The summed E-state index contributed by atoms with van der Waals surface area (Å²) in [5, 5.41) is 3.63. The van der Waals surface area contributed by atoms with Crippen LogP contribution in [0.5, 0.6) is 0 Å². The number of aromatic nitrogens is 2. The van der Waals surface area contributed by atoms with Crippen LogP contribution in [-0.2, 0) is 19.3 Å². The van der Waals surface area contributed by atoms with Crippen molar-refractivity contribution in [1.82, 2.24) is 9.78 Å². The first-order valence-corrected chi connectivity index (χ1v) is 5.47. The predicted octanol–water partition coefficient (Wildman–Crippen LogP) is 2.55. The van der Waals surface area contributed by atoms with Gasteiger partial charge in [-0.3, -0.25) is 4.68 Å². The Morgan fingerprint density at radius 1 is 1.26 bits per heavy atom. The Labute approximate surface area is 106 Å². The van der Waals surface area contributed by atoms with Gasteiger partial charge in [-0.05, 0) is 17.7 Å². The first kappa shape index (κ1) is 13.5. The van der Waals surface area contributed by atoms with E-state index >= 15 is 0 Å². The van der Waals surface area contributed by atoms with Crippen LogP contribution in [0.1, 0.15) is 16.7 Å². The summed E-state index contributed by atoms with van der Waals surface area (Å²) >= 11 is 0. The second kappa shape index (κ2) is 5.00. The SMILES string of the molecule is NCc1cc(Cn2cc(C(F)(F)F)cn2)ccc1F. The lowest BCUT2D eigenvalue weighted by Gasteiger charge is -2.05. The van der Waals surface area contributed by atoms with E-state index in [1.165, 1.54) is 18.2 Å². The van der Waals surface area contributed by atoms with Crippen molar-refractivity contribution >= 4 is 0 Å². The highest BCUT2D eigenvalue weighted by Gasteiger charge is 2.32. The number of halogens is 4. The molecule has 0 bridgehead atoms. The summed E-state index contributed by atoms with van der Waals surface area (Å²) in [6.45, 7) is 0.163. The minimum Gasteiger partial charge on any atom is -0.326 e. The van der Waals surface area contributed by atoms with Crippen molar-refractivity contribution in [2.24, 2.45) is 5.73 Å². The summed E-state index contributed by atoms with van der Waals surface area (Å²) in [5.41, 5.74) is 5.51. The Kier molecular flexibility index (Phi) is 3.57. The molecule has 19 heavy (non-hydrogen) atoms. The molecule has 0 radical (unpaired) electrons. The van der Waals surface area contributed by atoms with Crippen LogP contribution in [0.25, 0.3) is 0 Å². The molecule has 0 fully saturated rings. The Morgan fingerprint density at radius 3 is 2.58 bits per heavy atom. The maximum atomic E-state index is 13.2. The van der Waals surface area contributed by atoms with Gasteiger partial charge in [0.15, 0.2) is 0 Å². The molecule has 1 aromatic carbocycles. The first-order chi connectivity index (χ1) is 8.90. The molecule has 102 valence electrons. The van der Waals surface area contributed by atoms with Crippen LogP contribution in [0.2, 0.25) is 0 Å². The van der Waals surface area contributed by atoms with Gasteiger partial charge in [-0.15, -0.1) is 0 Å². The molecule has 7 heteroatoms. The number of hydrogen-bond acceptors (Lipinski definition) is 2. The van der Waals surface area contributed by atoms with Gasteiger partial charge in [0.25, 0.3) is 0 Å². The largest absolute Gasteiger partial charge is 0.419 e. The van der Waals surface area contributed by atoms with Crippen molar-refractivity contribution in [1.29, 1.82) is 0 Å². The lowest BCUT2D eigenvalue weighted by atomic mass is 10.1. The van der Waals surface area contributed by atoms with Crippen LogP contribution in [0.15, 0.2) is 30.6 Å². The normalized spacial score (nSPS) is 11.8. The van der Waals surface area contributed by atoms with Crippen molar-refractivity contribution in [3.63, 3.8) is 0 Å². The molecule has 0 unspecified atom stereocenters. The molecule has 0 amide bonds. The molecule has 0 spiro atoms. The molecule has 3 nitrogen and oxygen atoms in total. The van der Waals surface area contributed by atoms with Crippen LogP contribution in [-0.4, -0.2) is 9.78 Å². The number of hydrogen-bond donors (Lipinski definition) is 1. The second-order valence-corrected chi connectivity index (χ2v) is 4.05. The summed E-state index contributed by atoms with van der Waals surface area (Å²) in [4.78, 5) is 0. The Hall–Kier alpha value is -1.89. The van der Waals surface area contributed by atoms with Gasteiger partial charge in [0.1, 0.15) is 5.82 Å². The molecule has 2 rings (SSSR count). The van der Waals surface area contributed by atoms with E-state index in [1.54, 1.807) is 0 Å². The molecule has 0 aliphatic heterocycles. The van der Waals surface area contributed by atoms with Crippen molar-refractivity contribution in [3.05, 3.63) is 53.1 Å². The highest BCUT2D eigenvalue weighted by Crippen LogP contribution is 2.28. The number of nitrogens with zero attached hydrogens (tertiary/aromatic N) is 2. The molecule has 0 aliphatic rings. The lowest BCUT2D eigenvalue weighted by molar-refractivity contribution is -0.137. The van der Waals surface area contributed by atoms with Gasteiger partial charge in [-0.25, -0.2) is 4.39 Å². The summed E-state index contributed by atoms with van der Waals surface area (Å²) in [6, 6.07) is 4.25. The van der Waals surface area contributed by atoms with Crippen molar-refractivity contribution in [2.75, 3.05) is 0 Å². The summed E-state index contributed by atoms with van der Waals surface area (Å²) in [7, 11) is 0. The van der Waals surface area contributed by atoms with Gasteiger partial charge in [-0.2, -0.15) is 18.3 Å². The van der Waals surface area contributed by atoms with E-state index in [4.69, 9.17) is 5.73 Å². The van der Waals surface area contributed by atoms with E-state index in [1.807, 2.05) is 0 Å². The summed E-state index contributed by atoms with van der Waals surface area (Å²) < 4.78 is 51.5. The quantitative estimate of drug-likeness (QED) is 0.873. The molecule has 1 heterocycles. The smallest absolute Gasteiger partial charge is 0.326 e. The van der Waals surface area contributed by atoms with Gasteiger partial charge >= 0.3 is 6.18 Å². The van der Waals surface area contributed by atoms with E-state index in [0.29, 0.717) is 11.1 Å². The molecule has 2 N–H and O–H groups in total. The fourth-order valence-corrected chi connectivity index (χ4v) is 1.67. The van der Waals surface area contributed by atoms with Crippen LogP contribution < -0.4 is 5.73 Å². The fraction of sp³-hybridized carbons (Fsp3) is 0.250. The van der Waals surface area contributed by atoms with Crippen LogP contribution in [0.3, 0.4) is 0 Å². The summed E-state index contributed by atoms with van der Waals surface area (Å²) in [6.07, 6.45) is -2.75. The van der Waals surface area contributed by atoms with Crippen LogP contribution in [0.4, 0.5) is 17.6 Å². The van der Waals surface area contributed by atoms with E-state index in [-0.39, 0.29) is 13.1 Å². The number of nitrogens with two attached hydrogens (primary N) is 1. The molecule has 0 saturated carbocycles. The van der Waals surface area contributed by atoms with Gasteiger partial charge in [-0.1, -0.05) is 6.07 Å². The zero-order valence-electron chi connectivity index (χ0n) is 9.78. The van der Waals surface area contributed by atoms with E-state index in [9.17, 15) is 17.6 Å². The number of rotatable bonds is 3. The third-order valence-electron chi connectivity index (χ3n) is 2.64. The molecular weight excluding hydrogens is 262 g/mol. The first-order valence-electron chi connectivity index (χ1n) is 5.47. The fourth-order valence-electron chi connectivity index (χ4n) is 1.67. The van der Waals surface area contributed by atoms with Gasteiger partial charge in [0.05, 0.1) is 18.3 Å². The van der Waals surface area contributed by atoms with Crippen molar-refractivity contribution in [3.8, 4) is 0 Å².